The van der Waals surface area contributed by atoms with E-state index in [0.29, 0.717) is 18.6 Å². The SMILES string of the molecule is CCC(C)N(CCOC)C(N)=Nc1ccccc1. The maximum Gasteiger partial charge on any atom is 0.196 e. The first-order valence-corrected chi connectivity index (χ1v) is 6.33. The Kier molecular flexibility index (Phi) is 6.22. The summed E-state index contributed by atoms with van der Waals surface area (Å²) in [5.74, 6) is 0.549. The zero-order valence-electron chi connectivity index (χ0n) is 11.5. The Morgan fingerprint density at radius 2 is 2.06 bits per heavy atom. The highest BCUT2D eigenvalue weighted by atomic mass is 16.5. The molecule has 0 aliphatic carbocycles. The van der Waals surface area contributed by atoms with Crippen LogP contribution in [0.4, 0.5) is 5.69 Å². The average molecular weight is 249 g/mol. The largest absolute Gasteiger partial charge is 0.383 e. The van der Waals surface area contributed by atoms with Crippen molar-refractivity contribution in [2.24, 2.45) is 10.7 Å². The molecule has 1 atom stereocenters. The molecule has 0 saturated heterocycles. The number of para-hydroxylation sites is 1. The molecule has 1 unspecified atom stereocenters. The lowest BCUT2D eigenvalue weighted by Crippen LogP contribution is -2.44. The molecule has 4 nitrogen and oxygen atoms in total. The van der Waals surface area contributed by atoms with Crippen LogP contribution in [0.25, 0.3) is 0 Å². The van der Waals surface area contributed by atoms with Crippen LogP contribution in [0.1, 0.15) is 20.3 Å². The first kappa shape index (κ1) is 14.5. The molecule has 0 aliphatic heterocycles. The molecule has 0 aliphatic rings. The van der Waals surface area contributed by atoms with Gasteiger partial charge in [0, 0.05) is 19.7 Å². The molecule has 0 radical (unpaired) electrons. The van der Waals surface area contributed by atoms with Gasteiger partial charge in [-0.25, -0.2) is 4.99 Å². The Hall–Kier alpha value is -1.55. The normalized spacial score (nSPS) is 13.4. The molecular formula is C14H23N3O. The zero-order valence-corrected chi connectivity index (χ0v) is 11.5. The van der Waals surface area contributed by atoms with Crippen molar-refractivity contribution in [3.63, 3.8) is 0 Å². The fourth-order valence-electron chi connectivity index (χ4n) is 1.67. The predicted molar refractivity (Wildman–Crippen MR) is 76.1 cm³/mol. The molecule has 0 amide bonds. The van der Waals surface area contributed by atoms with Crippen LogP contribution < -0.4 is 5.73 Å². The van der Waals surface area contributed by atoms with Crippen LogP contribution in [0.2, 0.25) is 0 Å². The van der Waals surface area contributed by atoms with E-state index in [-0.39, 0.29) is 0 Å². The van der Waals surface area contributed by atoms with E-state index in [4.69, 9.17) is 10.5 Å². The van der Waals surface area contributed by atoms with Gasteiger partial charge in [0.05, 0.1) is 12.3 Å². The quantitative estimate of drug-likeness (QED) is 0.622. The van der Waals surface area contributed by atoms with Gasteiger partial charge in [-0.15, -0.1) is 0 Å². The molecule has 0 aromatic heterocycles. The molecule has 1 aromatic carbocycles. The second-order valence-corrected chi connectivity index (χ2v) is 4.25. The maximum atomic E-state index is 6.09. The predicted octanol–water partition coefficient (Wildman–Crippen LogP) is 2.38. The van der Waals surface area contributed by atoms with E-state index >= 15 is 0 Å². The van der Waals surface area contributed by atoms with Crippen LogP contribution in [0, 0.1) is 0 Å². The summed E-state index contributed by atoms with van der Waals surface area (Å²) in [5.41, 5.74) is 6.96. The molecule has 1 rings (SSSR count). The summed E-state index contributed by atoms with van der Waals surface area (Å²) < 4.78 is 5.12. The molecule has 0 fully saturated rings. The average Bonchev–Trinajstić information content (AvgIpc) is 2.40. The fourth-order valence-corrected chi connectivity index (χ4v) is 1.67. The minimum atomic E-state index is 0.354. The standard InChI is InChI=1S/C14H23N3O/c1-4-12(2)17(10-11-18-3)14(15)16-13-8-6-5-7-9-13/h5-9,12H,4,10-11H2,1-3H3,(H2,15,16). The van der Waals surface area contributed by atoms with E-state index in [1.807, 2.05) is 30.3 Å². The molecular weight excluding hydrogens is 226 g/mol. The monoisotopic (exact) mass is 249 g/mol. The van der Waals surface area contributed by atoms with Gasteiger partial charge in [0.2, 0.25) is 0 Å². The van der Waals surface area contributed by atoms with Crippen molar-refractivity contribution in [1.29, 1.82) is 0 Å². The fraction of sp³-hybridized carbons (Fsp3) is 0.500. The number of methoxy groups -OCH3 is 1. The summed E-state index contributed by atoms with van der Waals surface area (Å²) in [6, 6.07) is 10.1. The van der Waals surface area contributed by atoms with Gasteiger partial charge in [0.1, 0.15) is 0 Å². The third-order valence-electron chi connectivity index (χ3n) is 2.95. The van der Waals surface area contributed by atoms with Gasteiger partial charge in [0.15, 0.2) is 5.96 Å². The van der Waals surface area contributed by atoms with E-state index in [2.05, 4.69) is 23.7 Å². The van der Waals surface area contributed by atoms with Gasteiger partial charge in [-0.2, -0.15) is 0 Å². The number of guanidine groups is 1. The van der Waals surface area contributed by atoms with Crippen LogP contribution >= 0.6 is 0 Å². The van der Waals surface area contributed by atoms with Crippen molar-refractivity contribution >= 4 is 11.6 Å². The molecule has 2 N–H and O–H groups in total. The molecule has 100 valence electrons. The van der Waals surface area contributed by atoms with Crippen molar-refractivity contribution in [1.82, 2.24) is 4.90 Å². The van der Waals surface area contributed by atoms with Gasteiger partial charge in [-0.3, -0.25) is 0 Å². The summed E-state index contributed by atoms with van der Waals surface area (Å²) in [6.45, 7) is 5.69. The van der Waals surface area contributed by atoms with Crippen LogP contribution in [-0.2, 0) is 4.74 Å². The minimum absolute atomic E-state index is 0.354. The second kappa shape index (κ2) is 7.71. The lowest BCUT2D eigenvalue weighted by atomic mass is 10.2. The maximum absolute atomic E-state index is 6.09. The number of benzene rings is 1. The Morgan fingerprint density at radius 1 is 1.39 bits per heavy atom. The van der Waals surface area contributed by atoms with E-state index in [1.54, 1.807) is 7.11 Å². The number of ether oxygens (including phenoxy) is 1. The van der Waals surface area contributed by atoms with Crippen molar-refractivity contribution in [3.8, 4) is 0 Å². The Balaban J connectivity index is 2.80. The lowest BCUT2D eigenvalue weighted by Gasteiger charge is -2.29. The summed E-state index contributed by atoms with van der Waals surface area (Å²) in [6.07, 6.45) is 1.02. The number of aliphatic imine (C=N–C) groups is 1. The number of nitrogens with zero attached hydrogens (tertiary/aromatic N) is 2. The smallest absolute Gasteiger partial charge is 0.196 e. The lowest BCUT2D eigenvalue weighted by molar-refractivity contribution is 0.162. The van der Waals surface area contributed by atoms with Crippen molar-refractivity contribution in [2.45, 2.75) is 26.3 Å². The minimum Gasteiger partial charge on any atom is -0.383 e. The topological polar surface area (TPSA) is 50.9 Å². The molecule has 0 heterocycles. The van der Waals surface area contributed by atoms with E-state index < -0.39 is 0 Å². The van der Waals surface area contributed by atoms with Crippen LogP contribution in [0.15, 0.2) is 35.3 Å². The summed E-state index contributed by atoms with van der Waals surface area (Å²) >= 11 is 0. The third kappa shape index (κ3) is 4.37. The van der Waals surface area contributed by atoms with Crippen LogP contribution in [0.3, 0.4) is 0 Å². The number of rotatable bonds is 6. The van der Waals surface area contributed by atoms with Gasteiger partial charge >= 0.3 is 0 Å². The van der Waals surface area contributed by atoms with E-state index in [0.717, 1.165) is 18.7 Å². The molecule has 0 saturated carbocycles. The number of hydrogen-bond acceptors (Lipinski definition) is 2. The van der Waals surface area contributed by atoms with Crippen molar-refractivity contribution < 1.29 is 4.74 Å². The summed E-state index contributed by atoms with van der Waals surface area (Å²) in [4.78, 5) is 6.53. The molecule has 0 spiro atoms. The molecule has 0 bridgehead atoms. The first-order valence-electron chi connectivity index (χ1n) is 6.33. The Morgan fingerprint density at radius 3 is 2.61 bits per heavy atom. The highest BCUT2D eigenvalue weighted by molar-refractivity contribution is 5.81. The van der Waals surface area contributed by atoms with Gasteiger partial charge in [-0.1, -0.05) is 25.1 Å². The van der Waals surface area contributed by atoms with Gasteiger partial charge < -0.3 is 15.4 Å². The Bertz CT molecular complexity index is 365. The van der Waals surface area contributed by atoms with E-state index in [9.17, 15) is 0 Å². The molecule has 1 aromatic rings. The van der Waals surface area contributed by atoms with Crippen molar-refractivity contribution in [3.05, 3.63) is 30.3 Å². The summed E-state index contributed by atoms with van der Waals surface area (Å²) in [7, 11) is 1.69. The third-order valence-corrected chi connectivity index (χ3v) is 2.95. The zero-order chi connectivity index (χ0) is 13.4. The molecule has 4 heteroatoms. The first-order chi connectivity index (χ1) is 8.69. The van der Waals surface area contributed by atoms with Crippen LogP contribution in [0.5, 0.6) is 0 Å². The van der Waals surface area contributed by atoms with Crippen LogP contribution in [-0.4, -0.2) is 37.2 Å². The van der Waals surface area contributed by atoms with Gasteiger partial charge in [-0.05, 0) is 25.5 Å². The highest BCUT2D eigenvalue weighted by Gasteiger charge is 2.14. The highest BCUT2D eigenvalue weighted by Crippen LogP contribution is 2.11. The summed E-state index contributed by atoms with van der Waals surface area (Å²) in [5, 5.41) is 0. The van der Waals surface area contributed by atoms with Crippen molar-refractivity contribution in [2.75, 3.05) is 20.3 Å². The second-order valence-electron chi connectivity index (χ2n) is 4.25. The number of nitrogens with two attached hydrogens (primary N) is 1. The Labute approximate surface area is 109 Å². The number of hydrogen-bond donors (Lipinski definition) is 1. The van der Waals surface area contributed by atoms with Gasteiger partial charge in [0.25, 0.3) is 0 Å². The molecule has 18 heavy (non-hydrogen) atoms. The van der Waals surface area contributed by atoms with E-state index in [1.165, 1.54) is 0 Å².